The third-order valence-corrected chi connectivity index (χ3v) is 5.27. The number of carbonyl (C=O) groups excluding carboxylic acids is 1. The van der Waals surface area contributed by atoms with Gasteiger partial charge in [-0.2, -0.15) is 5.10 Å². The molecule has 1 saturated carbocycles. The van der Waals surface area contributed by atoms with Gasteiger partial charge >= 0.3 is 0 Å². The summed E-state index contributed by atoms with van der Waals surface area (Å²) in [5.41, 5.74) is 2.22. The van der Waals surface area contributed by atoms with E-state index in [-0.39, 0.29) is 5.91 Å². The monoisotopic (exact) mass is 355 g/mol. The van der Waals surface area contributed by atoms with E-state index in [4.69, 9.17) is 9.47 Å². The Bertz CT molecular complexity index is 858. The highest BCUT2D eigenvalue weighted by Gasteiger charge is 2.34. The molecule has 1 aromatic carbocycles. The molecule has 2 aromatic rings. The number of benzene rings is 1. The number of aliphatic hydroxyl groups is 1. The Morgan fingerprint density at radius 2 is 2.08 bits per heavy atom. The first-order valence-electron chi connectivity index (χ1n) is 9.13. The lowest BCUT2D eigenvalue weighted by atomic mass is 10.1. The zero-order chi connectivity index (χ0) is 17.7. The first kappa shape index (κ1) is 15.7. The molecular weight excluding hydrogens is 334 g/mol. The molecule has 1 N–H and O–H groups in total. The van der Waals surface area contributed by atoms with Gasteiger partial charge in [-0.15, -0.1) is 0 Å². The fraction of sp³-hybridized carbons (Fsp3) is 0.474. The molecule has 0 saturated heterocycles. The van der Waals surface area contributed by atoms with Gasteiger partial charge in [-0.05, 0) is 37.0 Å². The van der Waals surface area contributed by atoms with E-state index in [1.54, 1.807) is 11.0 Å². The lowest BCUT2D eigenvalue weighted by Crippen LogP contribution is -2.38. The van der Waals surface area contributed by atoms with E-state index in [1.165, 1.54) is 0 Å². The molecule has 1 amide bonds. The number of aromatic nitrogens is 2. The normalized spacial score (nSPS) is 19.8. The van der Waals surface area contributed by atoms with Crippen LogP contribution in [0, 0.1) is 5.92 Å². The molecule has 5 rings (SSSR count). The maximum Gasteiger partial charge on any atom is 0.258 e. The highest BCUT2D eigenvalue weighted by molar-refractivity contribution is 5.98. The number of hydrogen-bond acceptors (Lipinski definition) is 5. The van der Waals surface area contributed by atoms with Crippen molar-refractivity contribution >= 4 is 5.91 Å². The molecule has 7 heteroatoms. The van der Waals surface area contributed by atoms with Crippen molar-refractivity contribution in [1.82, 2.24) is 14.7 Å². The molecule has 1 atom stereocenters. The van der Waals surface area contributed by atoms with E-state index < -0.39 is 6.10 Å². The fourth-order valence-corrected chi connectivity index (χ4v) is 3.67. The van der Waals surface area contributed by atoms with Crippen LogP contribution in [-0.2, 0) is 13.1 Å². The van der Waals surface area contributed by atoms with Gasteiger partial charge in [0.25, 0.3) is 5.91 Å². The number of aliphatic hydroxyl groups excluding tert-OH is 1. The molecule has 1 fully saturated rings. The summed E-state index contributed by atoms with van der Waals surface area (Å²) in [5, 5.41) is 14.8. The van der Waals surface area contributed by atoms with Crippen molar-refractivity contribution in [3.63, 3.8) is 0 Å². The van der Waals surface area contributed by atoms with Crippen LogP contribution in [0.4, 0.5) is 0 Å². The quantitative estimate of drug-likeness (QED) is 0.908. The van der Waals surface area contributed by atoms with Crippen molar-refractivity contribution in [3.8, 4) is 11.5 Å². The van der Waals surface area contributed by atoms with Crippen LogP contribution in [0.25, 0.3) is 0 Å². The summed E-state index contributed by atoms with van der Waals surface area (Å²) >= 11 is 0. The molecule has 1 aromatic heterocycles. The third kappa shape index (κ3) is 2.63. The first-order chi connectivity index (χ1) is 12.7. The Kier molecular flexibility index (Phi) is 3.63. The van der Waals surface area contributed by atoms with Gasteiger partial charge in [0, 0.05) is 6.54 Å². The van der Waals surface area contributed by atoms with Gasteiger partial charge < -0.3 is 19.5 Å². The summed E-state index contributed by atoms with van der Waals surface area (Å²) in [6, 6.07) is 7.35. The van der Waals surface area contributed by atoms with Crippen molar-refractivity contribution < 1.29 is 19.4 Å². The number of carbonyl (C=O) groups is 1. The van der Waals surface area contributed by atoms with Gasteiger partial charge in [-0.3, -0.25) is 9.48 Å². The maximum atomic E-state index is 13.1. The summed E-state index contributed by atoms with van der Waals surface area (Å²) < 4.78 is 13.2. The third-order valence-electron chi connectivity index (χ3n) is 5.27. The van der Waals surface area contributed by atoms with Crippen LogP contribution in [0.1, 0.15) is 40.7 Å². The van der Waals surface area contributed by atoms with Gasteiger partial charge in [0.2, 0.25) is 0 Å². The number of nitrogens with zero attached hydrogens (tertiary/aromatic N) is 3. The average Bonchev–Trinajstić information content (AvgIpc) is 3.44. The molecule has 3 heterocycles. The van der Waals surface area contributed by atoms with Crippen LogP contribution in [0.3, 0.4) is 0 Å². The van der Waals surface area contributed by atoms with Crippen LogP contribution in [0.2, 0.25) is 0 Å². The molecule has 3 aliphatic rings. The molecule has 0 bridgehead atoms. The number of hydrogen-bond donors (Lipinski definition) is 1. The molecule has 0 radical (unpaired) electrons. The Balaban J connectivity index is 1.38. The van der Waals surface area contributed by atoms with Crippen molar-refractivity contribution in [2.45, 2.75) is 32.0 Å². The van der Waals surface area contributed by atoms with Gasteiger partial charge in [0.1, 0.15) is 19.3 Å². The maximum absolute atomic E-state index is 13.1. The van der Waals surface area contributed by atoms with E-state index in [2.05, 4.69) is 5.10 Å². The first-order valence-corrected chi connectivity index (χ1v) is 9.13. The number of para-hydroxylation sites is 1. The lowest BCUT2D eigenvalue weighted by molar-refractivity contribution is 0.0695. The summed E-state index contributed by atoms with van der Waals surface area (Å²) in [6.45, 7) is 2.64. The van der Waals surface area contributed by atoms with E-state index in [9.17, 15) is 9.90 Å². The Morgan fingerprint density at radius 3 is 2.92 bits per heavy atom. The van der Waals surface area contributed by atoms with Crippen LogP contribution in [0.5, 0.6) is 11.5 Å². The van der Waals surface area contributed by atoms with E-state index >= 15 is 0 Å². The predicted octanol–water partition coefficient (Wildman–Crippen LogP) is 1.75. The van der Waals surface area contributed by atoms with E-state index in [1.807, 2.05) is 22.9 Å². The van der Waals surface area contributed by atoms with Crippen molar-refractivity contribution in [2.24, 2.45) is 5.92 Å². The van der Waals surface area contributed by atoms with Crippen LogP contribution < -0.4 is 9.47 Å². The van der Waals surface area contributed by atoms with Crippen LogP contribution >= 0.6 is 0 Å². The molecule has 1 aliphatic carbocycles. The summed E-state index contributed by atoms with van der Waals surface area (Å²) in [4.78, 5) is 14.9. The van der Waals surface area contributed by atoms with Gasteiger partial charge in [0.15, 0.2) is 11.5 Å². The lowest BCUT2D eigenvalue weighted by Gasteiger charge is -2.29. The van der Waals surface area contributed by atoms with Gasteiger partial charge in [-0.25, -0.2) is 0 Å². The number of fused-ring (bicyclic) bond motifs is 2. The Morgan fingerprint density at radius 1 is 1.23 bits per heavy atom. The zero-order valence-electron chi connectivity index (χ0n) is 14.4. The molecule has 2 aliphatic heterocycles. The van der Waals surface area contributed by atoms with Gasteiger partial charge in [-0.1, -0.05) is 6.07 Å². The molecule has 0 spiro atoms. The summed E-state index contributed by atoms with van der Waals surface area (Å²) in [6.07, 6.45) is 1.65. The summed E-state index contributed by atoms with van der Waals surface area (Å²) in [7, 11) is 0. The minimum absolute atomic E-state index is 0.0657. The predicted molar refractivity (Wildman–Crippen MR) is 92.1 cm³/mol. The standard InChI is InChI=1S/C19H21N3O4/c23-17(12-4-5-12)15-10-13-11-21(6-7-22(13)20-15)19(24)14-2-1-3-16-18(14)26-9-8-25-16/h1-3,10,12,17,23H,4-9,11H2. The number of ether oxygens (including phenoxy) is 2. The molecule has 136 valence electrons. The second-order valence-corrected chi connectivity index (χ2v) is 7.12. The van der Waals surface area contributed by atoms with Gasteiger partial charge in [0.05, 0.1) is 30.0 Å². The largest absolute Gasteiger partial charge is 0.486 e. The highest BCUT2D eigenvalue weighted by atomic mass is 16.6. The Hall–Kier alpha value is -2.54. The minimum atomic E-state index is -0.482. The molecule has 1 unspecified atom stereocenters. The van der Waals surface area contributed by atoms with Crippen molar-refractivity contribution in [2.75, 3.05) is 19.8 Å². The number of rotatable bonds is 3. The minimum Gasteiger partial charge on any atom is -0.486 e. The number of amides is 1. The van der Waals surface area contributed by atoms with Crippen molar-refractivity contribution in [1.29, 1.82) is 0 Å². The van der Waals surface area contributed by atoms with Crippen molar-refractivity contribution in [3.05, 3.63) is 41.2 Å². The average molecular weight is 355 g/mol. The summed E-state index contributed by atoms with van der Waals surface area (Å²) in [5.74, 6) is 1.44. The molecule has 7 nitrogen and oxygen atoms in total. The molecule has 26 heavy (non-hydrogen) atoms. The van der Waals surface area contributed by atoms with E-state index in [0.717, 1.165) is 24.2 Å². The highest BCUT2D eigenvalue weighted by Crippen LogP contribution is 2.41. The topological polar surface area (TPSA) is 76.8 Å². The zero-order valence-corrected chi connectivity index (χ0v) is 14.4. The smallest absolute Gasteiger partial charge is 0.258 e. The second kappa shape index (κ2) is 6.02. The Labute approximate surface area is 151 Å². The second-order valence-electron chi connectivity index (χ2n) is 7.12. The van der Waals surface area contributed by atoms with Crippen LogP contribution in [0.15, 0.2) is 24.3 Å². The molecular formula is C19H21N3O4. The SMILES string of the molecule is O=C(c1cccc2c1OCCO2)N1CCn2nc(C(O)C3CC3)cc2C1. The van der Waals surface area contributed by atoms with Crippen LogP contribution in [-0.4, -0.2) is 45.5 Å². The van der Waals surface area contributed by atoms with E-state index in [0.29, 0.717) is 55.8 Å². The fourth-order valence-electron chi connectivity index (χ4n) is 3.67.